The zero-order valence-electron chi connectivity index (χ0n) is 12.1. The van der Waals surface area contributed by atoms with E-state index in [0.29, 0.717) is 17.3 Å². The highest BCUT2D eigenvalue weighted by Gasteiger charge is 2.15. The van der Waals surface area contributed by atoms with Crippen molar-refractivity contribution in [2.24, 2.45) is 0 Å². The molecule has 0 amide bonds. The molecule has 5 nitrogen and oxygen atoms in total. The van der Waals surface area contributed by atoms with Crippen LogP contribution in [0.5, 0.6) is 0 Å². The quantitative estimate of drug-likeness (QED) is 0.769. The number of hydrogen-bond acceptors (Lipinski definition) is 3. The van der Waals surface area contributed by atoms with Crippen LogP contribution in [0.25, 0.3) is 0 Å². The van der Waals surface area contributed by atoms with Crippen molar-refractivity contribution in [2.45, 2.75) is 11.4 Å². The summed E-state index contributed by atoms with van der Waals surface area (Å²) in [6.07, 6.45) is 3.13. The normalized spacial score (nSPS) is 11.3. The van der Waals surface area contributed by atoms with Crippen molar-refractivity contribution in [1.82, 2.24) is 9.78 Å². The number of aromatic nitrogens is 2. The first kappa shape index (κ1) is 15.6. The van der Waals surface area contributed by atoms with E-state index in [1.54, 1.807) is 23.0 Å². The lowest BCUT2D eigenvalue weighted by atomic mass is 10.2. The molecule has 118 valence electrons. The fourth-order valence-electron chi connectivity index (χ4n) is 2.12. The van der Waals surface area contributed by atoms with Gasteiger partial charge < -0.3 is 0 Å². The van der Waals surface area contributed by atoms with Gasteiger partial charge in [0.2, 0.25) is 0 Å². The maximum atomic E-state index is 12.3. The van der Waals surface area contributed by atoms with Gasteiger partial charge in [-0.1, -0.05) is 48.0 Å². The second-order valence-corrected chi connectivity index (χ2v) is 7.09. The third kappa shape index (κ3) is 3.91. The minimum absolute atomic E-state index is 0.112. The van der Waals surface area contributed by atoms with Gasteiger partial charge >= 0.3 is 0 Å². The van der Waals surface area contributed by atoms with Gasteiger partial charge in [0.15, 0.2) is 0 Å². The number of hydrogen-bond donors (Lipinski definition) is 1. The van der Waals surface area contributed by atoms with Gasteiger partial charge in [0.1, 0.15) is 0 Å². The molecule has 1 N–H and O–H groups in total. The minimum Gasteiger partial charge on any atom is -0.276 e. The Labute approximate surface area is 139 Å². The van der Waals surface area contributed by atoms with Crippen molar-refractivity contribution >= 4 is 27.3 Å². The lowest BCUT2D eigenvalue weighted by Gasteiger charge is -2.06. The Hall–Kier alpha value is -2.31. The summed E-state index contributed by atoms with van der Waals surface area (Å²) < 4.78 is 28.8. The zero-order valence-corrected chi connectivity index (χ0v) is 13.6. The van der Waals surface area contributed by atoms with Crippen molar-refractivity contribution in [3.63, 3.8) is 0 Å². The van der Waals surface area contributed by atoms with Crippen LogP contribution in [-0.2, 0) is 16.6 Å². The fourth-order valence-corrected chi connectivity index (χ4v) is 3.45. The highest BCUT2D eigenvalue weighted by atomic mass is 35.5. The smallest absolute Gasteiger partial charge is 0.262 e. The number of rotatable bonds is 5. The Morgan fingerprint density at radius 2 is 1.87 bits per heavy atom. The van der Waals surface area contributed by atoms with Crippen LogP contribution >= 0.6 is 11.6 Å². The number of nitrogens with one attached hydrogen (secondary N) is 1. The molecule has 0 spiro atoms. The molecule has 0 aliphatic carbocycles. The van der Waals surface area contributed by atoms with Crippen LogP contribution in [0.2, 0.25) is 5.02 Å². The summed E-state index contributed by atoms with van der Waals surface area (Å²) in [6.45, 7) is 0.569. The van der Waals surface area contributed by atoms with Gasteiger partial charge in [-0.2, -0.15) is 5.10 Å². The van der Waals surface area contributed by atoms with E-state index in [2.05, 4.69) is 9.82 Å². The summed E-state index contributed by atoms with van der Waals surface area (Å²) in [5, 5.41) is 4.54. The first-order valence-electron chi connectivity index (χ1n) is 6.88. The van der Waals surface area contributed by atoms with E-state index in [1.165, 1.54) is 18.3 Å². The summed E-state index contributed by atoms with van der Waals surface area (Å²) in [4.78, 5) is 0.112. The van der Waals surface area contributed by atoms with Gasteiger partial charge in [-0.25, -0.2) is 8.42 Å². The predicted octanol–water partition coefficient (Wildman–Crippen LogP) is 3.39. The first-order chi connectivity index (χ1) is 11.0. The molecule has 1 heterocycles. The van der Waals surface area contributed by atoms with Gasteiger partial charge in [-0.05, 0) is 23.8 Å². The molecule has 7 heteroatoms. The Morgan fingerprint density at radius 1 is 1.09 bits per heavy atom. The topological polar surface area (TPSA) is 64.0 Å². The molecule has 0 aliphatic heterocycles. The lowest BCUT2D eigenvalue weighted by Crippen LogP contribution is -2.12. The van der Waals surface area contributed by atoms with E-state index in [4.69, 9.17) is 11.6 Å². The van der Waals surface area contributed by atoms with E-state index in [0.717, 1.165) is 5.56 Å². The van der Waals surface area contributed by atoms with Gasteiger partial charge in [0.25, 0.3) is 10.0 Å². The van der Waals surface area contributed by atoms with Gasteiger partial charge in [0, 0.05) is 11.2 Å². The van der Waals surface area contributed by atoms with E-state index in [9.17, 15) is 8.42 Å². The Bertz CT molecular complexity index is 908. The summed E-state index contributed by atoms with van der Waals surface area (Å²) in [7, 11) is -3.68. The number of halogens is 1. The average molecular weight is 348 g/mol. The number of sulfonamides is 1. The molecule has 0 radical (unpaired) electrons. The van der Waals surface area contributed by atoms with Crippen LogP contribution in [0.3, 0.4) is 0 Å². The summed E-state index contributed by atoms with van der Waals surface area (Å²) in [5.74, 6) is 0. The molecular formula is C16H14ClN3O2S. The van der Waals surface area contributed by atoms with E-state index in [-0.39, 0.29) is 4.90 Å². The highest BCUT2D eigenvalue weighted by molar-refractivity contribution is 7.92. The summed E-state index contributed by atoms with van der Waals surface area (Å²) in [5.41, 5.74) is 1.49. The SMILES string of the molecule is O=S(=O)(Nc1cnn(Cc2ccccc2)c1)c1cccc(Cl)c1. The molecule has 0 bridgehead atoms. The zero-order chi connectivity index (χ0) is 16.3. The fraction of sp³-hybridized carbons (Fsp3) is 0.0625. The van der Waals surface area contributed by atoms with Crippen molar-refractivity contribution in [2.75, 3.05) is 4.72 Å². The van der Waals surface area contributed by atoms with Crippen LogP contribution in [0.15, 0.2) is 71.9 Å². The predicted molar refractivity (Wildman–Crippen MR) is 90.0 cm³/mol. The second kappa shape index (κ2) is 6.44. The molecule has 1 aromatic heterocycles. The molecule has 0 unspecified atom stereocenters. The van der Waals surface area contributed by atoms with Crippen LogP contribution in [-0.4, -0.2) is 18.2 Å². The number of benzene rings is 2. The maximum absolute atomic E-state index is 12.3. The molecule has 0 atom stereocenters. The van der Waals surface area contributed by atoms with Crippen LogP contribution in [0.1, 0.15) is 5.56 Å². The van der Waals surface area contributed by atoms with E-state index < -0.39 is 10.0 Å². The van der Waals surface area contributed by atoms with Crippen molar-refractivity contribution in [1.29, 1.82) is 0 Å². The van der Waals surface area contributed by atoms with Crippen LogP contribution in [0.4, 0.5) is 5.69 Å². The van der Waals surface area contributed by atoms with Gasteiger partial charge in [0.05, 0.1) is 23.3 Å². The highest BCUT2D eigenvalue weighted by Crippen LogP contribution is 2.19. The largest absolute Gasteiger partial charge is 0.276 e. The number of anilines is 1. The second-order valence-electron chi connectivity index (χ2n) is 4.98. The molecule has 23 heavy (non-hydrogen) atoms. The standard InChI is InChI=1S/C16H14ClN3O2S/c17-14-7-4-8-16(9-14)23(21,22)19-15-10-18-20(12-15)11-13-5-2-1-3-6-13/h1-10,12,19H,11H2. The maximum Gasteiger partial charge on any atom is 0.262 e. The van der Waals surface area contributed by atoms with Crippen molar-refractivity contribution < 1.29 is 8.42 Å². The lowest BCUT2D eigenvalue weighted by molar-refractivity contribution is 0.601. The average Bonchev–Trinajstić information content (AvgIpc) is 2.94. The monoisotopic (exact) mass is 347 g/mol. The van der Waals surface area contributed by atoms with E-state index in [1.807, 2.05) is 30.3 Å². The van der Waals surface area contributed by atoms with Gasteiger partial charge in [-0.15, -0.1) is 0 Å². The molecule has 2 aromatic carbocycles. The molecule has 0 saturated heterocycles. The molecule has 3 aromatic rings. The van der Waals surface area contributed by atoms with Crippen LogP contribution < -0.4 is 4.72 Å². The Balaban J connectivity index is 1.76. The van der Waals surface area contributed by atoms with Crippen molar-refractivity contribution in [3.8, 4) is 0 Å². The third-order valence-corrected chi connectivity index (χ3v) is 4.79. The molecule has 0 aliphatic rings. The van der Waals surface area contributed by atoms with Crippen LogP contribution in [0, 0.1) is 0 Å². The number of nitrogens with zero attached hydrogens (tertiary/aromatic N) is 2. The molecule has 0 fully saturated rings. The minimum atomic E-state index is -3.68. The van der Waals surface area contributed by atoms with E-state index >= 15 is 0 Å². The van der Waals surface area contributed by atoms with Gasteiger partial charge in [-0.3, -0.25) is 9.40 Å². The molecular weight excluding hydrogens is 334 g/mol. The Kier molecular flexibility index (Phi) is 4.36. The summed E-state index contributed by atoms with van der Waals surface area (Å²) in [6, 6.07) is 15.9. The Morgan fingerprint density at radius 3 is 2.61 bits per heavy atom. The summed E-state index contributed by atoms with van der Waals surface area (Å²) >= 11 is 5.84. The molecule has 3 rings (SSSR count). The molecule has 0 saturated carbocycles. The van der Waals surface area contributed by atoms with Crippen molar-refractivity contribution in [3.05, 3.63) is 77.6 Å². The third-order valence-electron chi connectivity index (χ3n) is 3.18. The first-order valence-corrected chi connectivity index (χ1v) is 8.74.